The first-order chi connectivity index (χ1) is 12.6. The molecule has 0 N–H and O–H groups in total. The van der Waals surface area contributed by atoms with E-state index < -0.39 is 0 Å². The lowest BCUT2D eigenvalue weighted by molar-refractivity contribution is 1.02. The molecule has 0 saturated heterocycles. The lowest BCUT2D eigenvalue weighted by Gasteiger charge is -2.13. The zero-order valence-electron chi connectivity index (χ0n) is 15.5. The highest BCUT2D eigenvalue weighted by molar-refractivity contribution is 5.67. The van der Waals surface area contributed by atoms with Crippen molar-refractivity contribution in [1.82, 2.24) is 9.38 Å². The first-order valence-corrected chi connectivity index (χ1v) is 8.91. The van der Waals surface area contributed by atoms with Crippen LogP contribution in [0.25, 0.3) is 16.9 Å². The van der Waals surface area contributed by atoms with Crippen LogP contribution in [0.5, 0.6) is 0 Å². The molecule has 4 aromatic rings. The number of aryl methyl sites for hydroxylation is 1. The summed E-state index contributed by atoms with van der Waals surface area (Å²) in [7, 11) is 4.13. The van der Waals surface area contributed by atoms with Crippen molar-refractivity contribution in [3.63, 3.8) is 0 Å². The van der Waals surface area contributed by atoms with Crippen LogP contribution < -0.4 is 4.90 Å². The minimum Gasteiger partial charge on any atom is -0.378 e. The number of hydrogen-bond donors (Lipinski definition) is 0. The molecule has 26 heavy (non-hydrogen) atoms. The summed E-state index contributed by atoms with van der Waals surface area (Å²) in [6.07, 6.45) is 3.03. The van der Waals surface area contributed by atoms with E-state index in [2.05, 4.69) is 97.2 Å². The Morgan fingerprint density at radius 1 is 0.885 bits per heavy atom. The molecule has 3 heteroatoms. The van der Waals surface area contributed by atoms with Gasteiger partial charge in [0.2, 0.25) is 0 Å². The Balaban J connectivity index is 1.82. The van der Waals surface area contributed by atoms with Crippen molar-refractivity contribution in [3.05, 3.63) is 89.7 Å². The van der Waals surface area contributed by atoms with E-state index in [0.29, 0.717) is 0 Å². The van der Waals surface area contributed by atoms with Crippen LogP contribution in [-0.4, -0.2) is 23.5 Å². The SMILES string of the molecule is Cc1ccc2nc(-c3ccccc3)c(Cc3ccc(N(C)C)cc3)n2c1. The number of rotatable bonds is 4. The van der Waals surface area contributed by atoms with Crippen LogP contribution >= 0.6 is 0 Å². The van der Waals surface area contributed by atoms with Gasteiger partial charge in [-0.25, -0.2) is 4.98 Å². The second-order valence-electron chi connectivity index (χ2n) is 6.95. The molecule has 0 unspecified atom stereocenters. The highest BCUT2D eigenvalue weighted by Crippen LogP contribution is 2.27. The van der Waals surface area contributed by atoms with Crippen LogP contribution in [0.15, 0.2) is 72.9 Å². The molecule has 130 valence electrons. The average molecular weight is 341 g/mol. The average Bonchev–Trinajstić information content (AvgIpc) is 3.01. The third-order valence-electron chi connectivity index (χ3n) is 4.74. The highest BCUT2D eigenvalue weighted by atomic mass is 15.1. The van der Waals surface area contributed by atoms with E-state index >= 15 is 0 Å². The van der Waals surface area contributed by atoms with Gasteiger partial charge in [-0.05, 0) is 36.2 Å². The third-order valence-corrected chi connectivity index (χ3v) is 4.74. The summed E-state index contributed by atoms with van der Waals surface area (Å²) in [5, 5.41) is 0. The maximum Gasteiger partial charge on any atom is 0.137 e. The van der Waals surface area contributed by atoms with E-state index in [1.807, 2.05) is 6.07 Å². The van der Waals surface area contributed by atoms with Gasteiger partial charge >= 0.3 is 0 Å². The second kappa shape index (κ2) is 6.68. The molecule has 0 amide bonds. The maximum absolute atomic E-state index is 4.92. The van der Waals surface area contributed by atoms with E-state index in [0.717, 1.165) is 23.3 Å². The molecule has 3 nitrogen and oxygen atoms in total. The van der Waals surface area contributed by atoms with E-state index in [1.54, 1.807) is 0 Å². The number of hydrogen-bond acceptors (Lipinski definition) is 2. The Morgan fingerprint density at radius 3 is 2.31 bits per heavy atom. The number of nitrogens with zero attached hydrogens (tertiary/aromatic N) is 3. The molecule has 4 rings (SSSR count). The van der Waals surface area contributed by atoms with Gasteiger partial charge in [0.1, 0.15) is 5.65 Å². The lowest BCUT2D eigenvalue weighted by Crippen LogP contribution is -2.08. The van der Waals surface area contributed by atoms with Gasteiger partial charge in [-0.15, -0.1) is 0 Å². The minimum atomic E-state index is 0.850. The fourth-order valence-electron chi connectivity index (χ4n) is 3.30. The van der Waals surface area contributed by atoms with Crippen LogP contribution in [0.1, 0.15) is 16.8 Å². The number of benzene rings is 2. The topological polar surface area (TPSA) is 20.5 Å². The molecule has 0 spiro atoms. The van der Waals surface area contributed by atoms with Crippen molar-refractivity contribution in [2.75, 3.05) is 19.0 Å². The van der Waals surface area contributed by atoms with Crippen molar-refractivity contribution in [2.24, 2.45) is 0 Å². The van der Waals surface area contributed by atoms with E-state index in [9.17, 15) is 0 Å². The predicted molar refractivity (Wildman–Crippen MR) is 109 cm³/mol. The molecule has 0 fully saturated rings. The number of imidazole rings is 1. The largest absolute Gasteiger partial charge is 0.378 e. The fourth-order valence-corrected chi connectivity index (χ4v) is 3.30. The zero-order valence-corrected chi connectivity index (χ0v) is 15.5. The third kappa shape index (κ3) is 3.08. The molecule has 0 bridgehead atoms. The standard InChI is InChI=1S/C23H23N3/c1-17-9-14-22-24-23(19-7-5-4-6-8-19)21(26(22)16-17)15-18-10-12-20(13-11-18)25(2)3/h4-14,16H,15H2,1-3H3. The summed E-state index contributed by atoms with van der Waals surface area (Å²) in [5.41, 5.74) is 8.18. The van der Waals surface area contributed by atoms with Gasteiger partial charge in [0.25, 0.3) is 0 Å². The predicted octanol–water partition coefficient (Wildman–Crippen LogP) is 4.97. The van der Waals surface area contributed by atoms with E-state index in [1.165, 1.54) is 22.5 Å². The summed E-state index contributed by atoms with van der Waals surface area (Å²) < 4.78 is 2.23. The monoisotopic (exact) mass is 341 g/mol. The molecule has 2 aromatic heterocycles. The van der Waals surface area contributed by atoms with Gasteiger partial charge in [-0.1, -0.05) is 48.5 Å². The van der Waals surface area contributed by atoms with Crippen molar-refractivity contribution in [3.8, 4) is 11.3 Å². The highest BCUT2D eigenvalue weighted by Gasteiger charge is 2.14. The molecule has 2 aromatic carbocycles. The van der Waals surface area contributed by atoms with Crippen LogP contribution in [0.3, 0.4) is 0 Å². The van der Waals surface area contributed by atoms with Gasteiger partial charge in [-0.3, -0.25) is 0 Å². The van der Waals surface area contributed by atoms with Gasteiger partial charge in [0.15, 0.2) is 0 Å². The van der Waals surface area contributed by atoms with Crippen LogP contribution in [0, 0.1) is 6.92 Å². The smallest absolute Gasteiger partial charge is 0.137 e. The van der Waals surface area contributed by atoms with Crippen molar-refractivity contribution < 1.29 is 0 Å². The Morgan fingerprint density at radius 2 is 1.62 bits per heavy atom. The summed E-state index contributed by atoms with van der Waals surface area (Å²) >= 11 is 0. The number of anilines is 1. The molecule has 0 aliphatic rings. The molecule has 0 radical (unpaired) electrons. The Hall–Kier alpha value is -3.07. The van der Waals surface area contributed by atoms with Crippen molar-refractivity contribution in [1.29, 1.82) is 0 Å². The summed E-state index contributed by atoms with van der Waals surface area (Å²) in [6.45, 7) is 2.12. The summed E-state index contributed by atoms with van der Waals surface area (Å²) in [6, 6.07) is 23.4. The maximum atomic E-state index is 4.92. The van der Waals surface area contributed by atoms with Crippen molar-refractivity contribution >= 4 is 11.3 Å². The van der Waals surface area contributed by atoms with E-state index in [4.69, 9.17) is 4.98 Å². The molecule has 2 heterocycles. The Bertz CT molecular complexity index is 1030. The summed E-state index contributed by atoms with van der Waals surface area (Å²) in [5.74, 6) is 0. The Kier molecular flexibility index (Phi) is 4.21. The molecule has 0 atom stereocenters. The minimum absolute atomic E-state index is 0.850. The molecule has 0 aliphatic carbocycles. The van der Waals surface area contributed by atoms with Gasteiger partial charge in [0.05, 0.1) is 11.4 Å². The van der Waals surface area contributed by atoms with E-state index in [-0.39, 0.29) is 0 Å². The lowest BCUT2D eigenvalue weighted by atomic mass is 10.0. The van der Waals surface area contributed by atoms with Gasteiger partial charge < -0.3 is 9.30 Å². The fraction of sp³-hybridized carbons (Fsp3) is 0.174. The van der Waals surface area contributed by atoms with Crippen molar-refractivity contribution in [2.45, 2.75) is 13.3 Å². The molecule has 0 aliphatic heterocycles. The van der Waals surface area contributed by atoms with Crippen LogP contribution in [-0.2, 0) is 6.42 Å². The van der Waals surface area contributed by atoms with Crippen LogP contribution in [0.2, 0.25) is 0 Å². The first kappa shape index (κ1) is 16.4. The summed E-state index contributed by atoms with van der Waals surface area (Å²) in [4.78, 5) is 7.04. The zero-order chi connectivity index (χ0) is 18.1. The molecule has 0 saturated carbocycles. The Labute approximate surface area is 154 Å². The number of pyridine rings is 1. The number of fused-ring (bicyclic) bond motifs is 1. The molecular formula is C23H23N3. The van der Waals surface area contributed by atoms with Crippen LogP contribution in [0.4, 0.5) is 5.69 Å². The normalized spacial score (nSPS) is 11.0. The molecular weight excluding hydrogens is 318 g/mol. The van der Waals surface area contributed by atoms with Gasteiger partial charge in [-0.2, -0.15) is 0 Å². The first-order valence-electron chi connectivity index (χ1n) is 8.91. The quantitative estimate of drug-likeness (QED) is 0.522. The van der Waals surface area contributed by atoms with Gasteiger partial charge in [0, 0.05) is 38.0 Å². The second-order valence-corrected chi connectivity index (χ2v) is 6.95. The number of aromatic nitrogens is 2.